The fourth-order valence-electron chi connectivity index (χ4n) is 8.55. The second kappa shape index (κ2) is 8.26. The van der Waals surface area contributed by atoms with Crippen molar-refractivity contribution in [3.05, 3.63) is 0 Å². The number of ether oxygens (including phenoxy) is 2. The van der Waals surface area contributed by atoms with Crippen LogP contribution >= 0.6 is 0 Å². The molecular formula is C25H38O8. The van der Waals surface area contributed by atoms with Gasteiger partial charge in [-0.05, 0) is 79.4 Å². The molecule has 8 nitrogen and oxygen atoms in total. The van der Waals surface area contributed by atoms with E-state index < -0.39 is 36.7 Å². The minimum atomic E-state index is -1.71. The van der Waals surface area contributed by atoms with Crippen LogP contribution in [0.15, 0.2) is 0 Å². The van der Waals surface area contributed by atoms with Crippen molar-refractivity contribution in [1.82, 2.24) is 0 Å². The summed E-state index contributed by atoms with van der Waals surface area (Å²) in [4.78, 5) is 23.6. The Bertz CT molecular complexity index is 801. The second-order valence-electron chi connectivity index (χ2n) is 11.9. The van der Waals surface area contributed by atoms with Gasteiger partial charge in [0.2, 0.25) is 0 Å². The third-order valence-electron chi connectivity index (χ3n) is 10.5. The van der Waals surface area contributed by atoms with Gasteiger partial charge in [0.1, 0.15) is 24.1 Å². The summed E-state index contributed by atoms with van der Waals surface area (Å²) in [7, 11) is 0. The van der Waals surface area contributed by atoms with Gasteiger partial charge in [-0.15, -0.1) is 0 Å². The Hall–Kier alpha value is -1.06. The van der Waals surface area contributed by atoms with Gasteiger partial charge in [0.25, 0.3) is 0 Å². The molecular weight excluding hydrogens is 428 g/mol. The smallest absolute Gasteiger partial charge is 0.335 e. The largest absolute Gasteiger partial charge is 0.479 e. The van der Waals surface area contributed by atoms with E-state index in [1.165, 1.54) is 0 Å². The lowest BCUT2D eigenvalue weighted by molar-refractivity contribution is -0.313. The Balaban J connectivity index is 1.32. The second-order valence-corrected chi connectivity index (χ2v) is 11.9. The van der Waals surface area contributed by atoms with E-state index in [-0.39, 0.29) is 16.9 Å². The molecule has 12 unspecified atom stereocenters. The van der Waals surface area contributed by atoms with E-state index >= 15 is 0 Å². The van der Waals surface area contributed by atoms with E-state index in [2.05, 4.69) is 13.8 Å². The van der Waals surface area contributed by atoms with Crippen molar-refractivity contribution >= 4 is 11.8 Å². The first-order valence-electron chi connectivity index (χ1n) is 12.7. The first-order chi connectivity index (χ1) is 15.6. The fraction of sp³-hybridized carbons (Fsp3) is 0.920. The standard InChI is InChI=1S/C25H38O8/c1-24-9-7-13(26)11-12(24)3-4-14-15-5-6-17(25(15,2)10-8-16(14)24)32-23-20(29)18(27)19(28)21(33-23)22(30)31/h12,14-21,23,27-29H,3-11H2,1-2H3,(H,30,31). The molecule has 1 heterocycles. The topological polar surface area (TPSA) is 134 Å². The molecule has 0 radical (unpaired) electrons. The molecule has 4 aliphatic carbocycles. The quantitative estimate of drug-likeness (QED) is 0.495. The predicted molar refractivity (Wildman–Crippen MR) is 116 cm³/mol. The van der Waals surface area contributed by atoms with Crippen LogP contribution in [0.2, 0.25) is 0 Å². The Labute approximate surface area is 194 Å². The highest BCUT2D eigenvalue weighted by molar-refractivity contribution is 5.79. The molecule has 5 fully saturated rings. The maximum atomic E-state index is 12.1. The summed E-state index contributed by atoms with van der Waals surface area (Å²) in [6.07, 6.45) is 0.569. The Morgan fingerprint density at radius 1 is 0.939 bits per heavy atom. The first-order valence-corrected chi connectivity index (χ1v) is 12.7. The molecule has 8 heteroatoms. The molecule has 186 valence electrons. The molecule has 1 aliphatic heterocycles. The molecule has 0 spiro atoms. The summed E-state index contributed by atoms with van der Waals surface area (Å²) >= 11 is 0. The number of hydrogen-bond donors (Lipinski definition) is 4. The van der Waals surface area contributed by atoms with Crippen molar-refractivity contribution in [2.24, 2.45) is 34.5 Å². The molecule has 33 heavy (non-hydrogen) atoms. The highest BCUT2D eigenvalue weighted by Gasteiger charge is 2.61. The molecule has 4 N–H and O–H groups in total. The number of Topliss-reactive ketones (excluding diaryl/α,β-unsaturated/α-hetero) is 1. The van der Waals surface area contributed by atoms with Crippen LogP contribution in [0.1, 0.15) is 71.6 Å². The van der Waals surface area contributed by atoms with Crippen LogP contribution in [-0.2, 0) is 19.1 Å². The summed E-state index contributed by atoms with van der Waals surface area (Å²) in [5, 5.41) is 39.9. The zero-order chi connectivity index (χ0) is 23.7. The van der Waals surface area contributed by atoms with Crippen molar-refractivity contribution in [3.8, 4) is 0 Å². The van der Waals surface area contributed by atoms with Crippen molar-refractivity contribution in [2.75, 3.05) is 0 Å². The average molecular weight is 467 g/mol. The van der Waals surface area contributed by atoms with Gasteiger partial charge in [0.05, 0.1) is 6.10 Å². The number of aliphatic hydroxyl groups is 3. The minimum Gasteiger partial charge on any atom is -0.479 e. The van der Waals surface area contributed by atoms with Crippen molar-refractivity contribution in [3.63, 3.8) is 0 Å². The number of aliphatic carboxylic acids is 1. The third-order valence-corrected chi connectivity index (χ3v) is 10.5. The van der Waals surface area contributed by atoms with Gasteiger partial charge < -0.3 is 29.9 Å². The SMILES string of the molecule is CC12CCC(=O)CC1CCC1C2CCC2(C)C(OC3OC(C(=O)O)C(O)C(O)C3O)CCC12. The van der Waals surface area contributed by atoms with Crippen LogP contribution in [0.3, 0.4) is 0 Å². The Morgan fingerprint density at radius 3 is 2.39 bits per heavy atom. The maximum Gasteiger partial charge on any atom is 0.335 e. The number of rotatable bonds is 3. The van der Waals surface area contributed by atoms with E-state index in [1.807, 2.05) is 0 Å². The van der Waals surface area contributed by atoms with Gasteiger partial charge in [0.15, 0.2) is 12.4 Å². The summed E-state index contributed by atoms with van der Waals surface area (Å²) in [5.74, 6) is 1.21. The van der Waals surface area contributed by atoms with E-state index in [9.17, 15) is 30.0 Å². The predicted octanol–water partition coefficient (Wildman–Crippen LogP) is 1.88. The Morgan fingerprint density at radius 2 is 1.67 bits per heavy atom. The number of ketones is 1. The summed E-state index contributed by atoms with van der Waals surface area (Å²) in [5.41, 5.74) is 0.117. The van der Waals surface area contributed by atoms with Crippen LogP contribution in [0, 0.1) is 34.5 Å². The Kier molecular flexibility index (Phi) is 5.93. The van der Waals surface area contributed by atoms with Gasteiger partial charge in [-0.25, -0.2) is 4.79 Å². The number of carbonyl (C=O) groups excluding carboxylic acids is 1. The van der Waals surface area contributed by atoms with Crippen molar-refractivity contribution in [1.29, 1.82) is 0 Å². The number of carboxylic acids is 1. The number of carbonyl (C=O) groups is 2. The average Bonchev–Trinajstić information content (AvgIpc) is 3.10. The lowest BCUT2D eigenvalue weighted by Crippen LogP contribution is -2.61. The van der Waals surface area contributed by atoms with Gasteiger partial charge in [-0.3, -0.25) is 4.79 Å². The van der Waals surface area contributed by atoms with Crippen LogP contribution in [0.25, 0.3) is 0 Å². The fourth-order valence-corrected chi connectivity index (χ4v) is 8.55. The number of aliphatic hydroxyl groups excluding tert-OH is 3. The molecule has 4 saturated carbocycles. The zero-order valence-corrected chi connectivity index (χ0v) is 19.6. The molecule has 12 atom stereocenters. The van der Waals surface area contributed by atoms with E-state index in [4.69, 9.17) is 9.47 Å². The van der Waals surface area contributed by atoms with Crippen LogP contribution < -0.4 is 0 Å². The number of carboxylic acid groups (broad SMARTS) is 1. The molecule has 0 bridgehead atoms. The van der Waals surface area contributed by atoms with Crippen molar-refractivity contribution < 1.29 is 39.5 Å². The normalized spacial score (nSPS) is 54.3. The highest BCUT2D eigenvalue weighted by Crippen LogP contribution is 2.66. The molecule has 0 aromatic rings. The lowest BCUT2D eigenvalue weighted by atomic mass is 9.45. The van der Waals surface area contributed by atoms with E-state index in [0.717, 1.165) is 51.4 Å². The van der Waals surface area contributed by atoms with Gasteiger partial charge in [0, 0.05) is 12.8 Å². The van der Waals surface area contributed by atoms with Gasteiger partial charge in [-0.1, -0.05) is 13.8 Å². The number of fused-ring (bicyclic) bond motifs is 5. The van der Waals surface area contributed by atoms with E-state index in [0.29, 0.717) is 35.9 Å². The van der Waals surface area contributed by atoms with Crippen LogP contribution in [-0.4, -0.2) is 69.0 Å². The number of hydrogen-bond acceptors (Lipinski definition) is 7. The maximum absolute atomic E-state index is 12.1. The highest BCUT2D eigenvalue weighted by atomic mass is 16.7. The molecule has 5 rings (SSSR count). The summed E-state index contributed by atoms with van der Waals surface area (Å²) in [6.45, 7) is 4.66. The molecule has 0 aromatic carbocycles. The lowest BCUT2D eigenvalue weighted by Gasteiger charge is -2.60. The van der Waals surface area contributed by atoms with Crippen LogP contribution in [0.5, 0.6) is 0 Å². The zero-order valence-electron chi connectivity index (χ0n) is 19.6. The minimum absolute atomic E-state index is 0.113. The summed E-state index contributed by atoms with van der Waals surface area (Å²) in [6, 6.07) is 0. The van der Waals surface area contributed by atoms with Gasteiger partial charge >= 0.3 is 5.97 Å². The third kappa shape index (κ3) is 3.59. The molecule has 0 aromatic heterocycles. The first kappa shape index (κ1) is 23.7. The van der Waals surface area contributed by atoms with E-state index in [1.54, 1.807) is 0 Å². The molecule has 5 aliphatic rings. The summed E-state index contributed by atoms with van der Waals surface area (Å²) < 4.78 is 11.6. The van der Waals surface area contributed by atoms with Crippen LogP contribution in [0.4, 0.5) is 0 Å². The monoisotopic (exact) mass is 466 g/mol. The van der Waals surface area contributed by atoms with Crippen molar-refractivity contribution in [2.45, 2.75) is 108 Å². The molecule has 0 amide bonds. The van der Waals surface area contributed by atoms with Gasteiger partial charge in [-0.2, -0.15) is 0 Å². The molecule has 1 saturated heterocycles.